The number of aromatic nitrogens is 4. The van der Waals surface area contributed by atoms with E-state index < -0.39 is 0 Å². The van der Waals surface area contributed by atoms with E-state index in [0.29, 0.717) is 30.5 Å². The van der Waals surface area contributed by atoms with Crippen LogP contribution in [0.1, 0.15) is 20.8 Å². The molecule has 2 aromatic heterocycles. The maximum atomic E-state index is 12.1. The average Bonchev–Trinajstić information content (AvgIpc) is 2.94. The predicted molar refractivity (Wildman–Crippen MR) is 82.2 cm³/mol. The monoisotopic (exact) mass is 291 g/mol. The van der Waals surface area contributed by atoms with Gasteiger partial charge in [0.1, 0.15) is 11.9 Å². The maximum Gasteiger partial charge on any atom is 0.244 e. The number of fused-ring (bicyclic) bond motifs is 1. The largest absolute Gasteiger partial charge is 0.358 e. The molecule has 21 heavy (non-hydrogen) atoms. The summed E-state index contributed by atoms with van der Waals surface area (Å²) in [4.78, 5) is 22.5. The molecule has 0 radical (unpaired) electrons. The molecular formula is C13H21N7O. The van der Waals surface area contributed by atoms with Crippen molar-refractivity contribution in [1.82, 2.24) is 25.1 Å². The van der Waals surface area contributed by atoms with Crippen LogP contribution < -0.4 is 10.6 Å². The normalized spacial score (nSPS) is 12.2. The van der Waals surface area contributed by atoms with Crippen molar-refractivity contribution in [2.24, 2.45) is 0 Å². The van der Waals surface area contributed by atoms with Gasteiger partial charge in [0, 0.05) is 20.1 Å². The molecular weight excluding hydrogens is 270 g/mol. The highest BCUT2D eigenvalue weighted by Gasteiger charge is 2.18. The van der Waals surface area contributed by atoms with Gasteiger partial charge in [0.2, 0.25) is 11.9 Å². The Kier molecular flexibility index (Phi) is 4.56. The van der Waals surface area contributed by atoms with Crippen molar-refractivity contribution >= 4 is 28.7 Å². The summed E-state index contributed by atoms with van der Waals surface area (Å²) in [7, 11) is 1.78. The molecule has 1 unspecified atom stereocenters. The predicted octanol–water partition coefficient (Wildman–Crippen LogP) is 1.06. The van der Waals surface area contributed by atoms with Crippen LogP contribution in [0.2, 0.25) is 0 Å². The zero-order valence-corrected chi connectivity index (χ0v) is 12.8. The Morgan fingerprint density at radius 2 is 2.19 bits per heavy atom. The number of aromatic amines is 1. The highest BCUT2D eigenvalue weighted by Crippen LogP contribution is 2.20. The lowest BCUT2D eigenvalue weighted by Crippen LogP contribution is -2.39. The van der Waals surface area contributed by atoms with Crippen LogP contribution in [0.15, 0.2) is 6.20 Å². The molecule has 0 saturated carbocycles. The van der Waals surface area contributed by atoms with E-state index in [2.05, 4.69) is 30.8 Å². The smallest absolute Gasteiger partial charge is 0.244 e. The van der Waals surface area contributed by atoms with Crippen LogP contribution in [-0.2, 0) is 4.79 Å². The minimum absolute atomic E-state index is 0.0118. The lowest BCUT2D eigenvalue weighted by molar-refractivity contribution is -0.130. The molecule has 0 saturated heterocycles. The summed E-state index contributed by atoms with van der Waals surface area (Å²) in [6, 6.07) is -0.377. The van der Waals surface area contributed by atoms with Crippen LogP contribution in [0, 0.1) is 0 Å². The van der Waals surface area contributed by atoms with E-state index in [1.54, 1.807) is 18.1 Å². The van der Waals surface area contributed by atoms with Gasteiger partial charge in [-0.25, -0.2) is 0 Å². The van der Waals surface area contributed by atoms with Crippen LogP contribution in [0.3, 0.4) is 0 Å². The quantitative estimate of drug-likeness (QED) is 0.736. The summed E-state index contributed by atoms with van der Waals surface area (Å²) < 4.78 is 0. The summed E-state index contributed by atoms with van der Waals surface area (Å²) in [5, 5.41) is 13.8. The number of carbonyl (C=O) groups is 1. The van der Waals surface area contributed by atoms with Gasteiger partial charge in [-0.05, 0) is 20.8 Å². The highest BCUT2D eigenvalue weighted by atomic mass is 16.2. The second-order valence-corrected chi connectivity index (χ2v) is 4.78. The minimum atomic E-state index is -0.377. The van der Waals surface area contributed by atoms with Gasteiger partial charge < -0.3 is 15.5 Å². The first-order valence-electron chi connectivity index (χ1n) is 7.03. The van der Waals surface area contributed by atoms with Gasteiger partial charge in [0.15, 0.2) is 5.65 Å². The molecule has 2 aromatic rings. The van der Waals surface area contributed by atoms with Gasteiger partial charge in [-0.15, -0.1) is 0 Å². The van der Waals surface area contributed by atoms with E-state index in [1.807, 2.05) is 20.8 Å². The third kappa shape index (κ3) is 3.21. The number of amides is 1. The van der Waals surface area contributed by atoms with Gasteiger partial charge in [0.05, 0.1) is 11.6 Å². The zero-order valence-electron chi connectivity index (χ0n) is 12.8. The third-order valence-electron chi connectivity index (χ3n) is 3.22. The fraction of sp³-hybridized carbons (Fsp3) is 0.538. The Morgan fingerprint density at radius 3 is 2.86 bits per heavy atom. The van der Waals surface area contributed by atoms with Crippen molar-refractivity contribution in [2.45, 2.75) is 26.8 Å². The van der Waals surface area contributed by atoms with Gasteiger partial charge in [-0.1, -0.05) is 0 Å². The average molecular weight is 291 g/mol. The van der Waals surface area contributed by atoms with Crippen molar-refractivity contribution < 1.29 is 4.79 Å². The van der Waals surface area contributed by atoms with Crippen molar-refractivity contribution in [3.05, 3.63) is 6.20 Å². The maximum absolute atomic E-state index is 12.1. The zero-order chi connectivity index (χ0) is 15.4. The van der Waals surface area contributed by atoms with Crippen molar-refractivity contribution in [3.63, 3.8) is 0 Å². The summed E-state index contributed by atoms with van der Waals surface area (Å²) in [6.07, 6.45) is 1.65. The summed E-state index contributed by atoms with van der Waals surface area (Å²) >= 11 is 0. The molecule has 114 valence electrons. The van der Waals surface area contributed by atoms with E-state index in [-0.39, 0.29) is 11.9 Å². The van der Waals surface area contributed by atoms with Gasteiger partial charge in [-0.2, -0.15) is 15.1 Å². The number of nitrogens with zero attached hydrogens (tertiary/aromatic N) is 4. The Balaban J connectivity index is 2.28. The van der Waals surface area contributed by atoms with Gasteiger partial charge in [-0.3, -0.25) is 9.89 Å². The number of rotatable bonds is 6. The van der Waals surface area contributed by atoms with Gasteiger partial charge >= 0.3 is 0 Å². The number of likely N-dealkylation sites (N-methyl/N-ethyl adjacent to an activating group) is 1. The lowest BCUT2D eigenvalue weighted by atomic mass is 10.2. The Labute approximate surface area is 123 Å². The van der Waals surface area contributed by atoms with Crippen LogP contribution >= 0.6 is 0 Å². The first-order valence-corrected chi connectivity index (χ1v) is 7.03. The number of H-pyrrole nitrogens is 1. The van der Waals surface area contributed by atoms with Crippen molar-refractivity contribution in [3.8, 4) is 0 Å². The number of hydrogen-bond acceptors (Lipinski definition) is 6. The topological polar surface area (TPSA) is 98.8 Å². The van der Waals surface area contributed by atoms with Gasteiger partial charge in [0.25, 0.3) is 0 Å². The number of nitrogens with one attached hydrogen (secondary N) is 3. The number of hydrogen-bond donors (Lipinski definition) is 3. The first-order chi connectivity index (χ1) is 10.1. The summed E-state index contributed by atoms with van der Waals surface area (Å²) in [6.45, 7) is 7.10. The Hall–Kier alpha value is -2.38. The van der Waals surface area contributed by atoms with E-state index in [9.17, 15) is 4.79 Å². The molecule has 3 N–H and O–H groups in total. The van der Waals surface area contributed by atoms with Crippen LogP contribution in [0.4, 0.5) is 11.8 Å². The SMILES string of the molecule is CCNc1nc(NC(C)C(=O)N(C)CC)c2cn[nH]c2n1. The minimum Gasteiger partial charge on any atom is -0.358 e. The van der Waals surface area contributed by atoms with Crippen molar-refractivity contribution in [1.29, 1.82) is 0 Å². The van der Waals surface area contributed by atoms with Crippen LogP contribution in [-0.4, -0.2) is 57.2 Å². The molecule has 1 atom stereocenters. The molecule has 0 aliphatic heterocycles. The standard InChI is InChI=1S/C13H21N7O/c1-5-14-13-17-10(9-7-15-19-11(9)18-13)16-8(3)12(21)20(4)6-2/h7-8H,5-6H2,1-4H3,(H3,14,15,16,17,18,19). The lowest BCUT2D eigenvalue weighted by Gasteiger charge is -2.21. The third-order valence-corrected chi connectivity index (χ3v) is 3.22. The highest BCUT2D eigenvalue weighted by molar-refractivity contribution is 5.90. The molecule has 2 rings (SSSR count). The molecule has 0 spiro atoms. The molecule has 0 aliphatic carbocycles. The molecule has 1 amide bonds. The fourth-order valence-corrected chi connectivity index (χ4v) is 1.94. The van der Waals surface area contributed by atoms with E-state index in [0.717, 1.165) is 5.39 Å². The summed E-state index contributed by atoms with van der Waals surface area (Å²) in [5.41, 5.74) is 0.631. The molecule has 2 heterocycles. The summed E-state index contributed by atoms with van der Waals surface area (Å²) in [5.74, 6) is 1.10. The van der Waals surface area contributed by atoms with Crippen LogP contribution in [0.5, 0.6) is 0 Å². The Morgan fingerprint density at radius 1 is 1.43 bits per heavy atom. The van der Waals surface area contributed by atoms with E-state index in [1.165, 1.54) is 0 Å². The molecule has 0 bridgehead atoms. The van der Waals surface area contributed by atoms with E-state index in [4.69, 9.17) is 0 Å². The first kappa shape index (κ1) is 15.0. The molecule has 0 aromatic carbocycles. The molecule has 0 fully saturated rings. The molecule has 0 aliphatic rings. The van der Waals surface area contributed by atoms with E-state index >= 15 is 0 Å². The Bertz CT molecular complexity index is 624. The fourth-order valence-electron chi connectivity index (χ4n) is 1.94. The second kappa shape index (κ2) is 6.38. The second-order valence-electron chi connectivity index (χ2n) is 4.78. The van der Waals surface area contributed by atoms with Crippen molar-refractivity contribution in [2.75, 3.05) is 30.8 Å². The van der Waals surface area contributed by atoms with Crippen LogP contribution in [0.25, 0.3) is 11.0 Å². The number of carbonyl (C=O) groups excluding carboxylic acids is 1. The number of anilines is 2. The molecule has 8 heteroatoms. The molecule has 8 nitrogen and oxygen atoms in total.